The van der Waals surface area contributed by atoms with Crippen LogP contribution in [0.25, 0.3) is 0 Å². The fraction of sp³-hybridized carbons (Fsp3) is 0.833. The lowest BCUT2D eigenvalue weighted by atomic mass is 10.1. The molecule has 0 heterocycles. The number of hydrogen-bond donors (Lipinski definition) is 3. The van der Waals surface area contributed by atoms with Crippen molar-refractivity contribution in [1.29, 1.82) is 0 Å². The number of carbonyl (C=O) groups excluding carboxylic acids is 1. The standard InChI is InChI=1S/C6H14IN3O/c7-10-5(6(9)11)3-1-2-4-8/h5,10H,1-4,8H2,(H2,9,11). The second-order valence-corrected chi connectivity index (χ2v) is 2.97. The van der Waals surface area contributed by atoms with Gasteiger partial charge in [-0.05, 0) is 19.4 Å². The zero-order valence-electron chi connectivity index (χ0n) is 6.35. The molecule has 0 saturated carbocycles. The first-order chi connectivity index (χ1) is 5.22. The lowest BCUT2D eigenvalue weighted by Crippen LogP contribution is -2.36. The lowest BCUT2D eigenvalue weighted by Gasteiger charge is -2.09. The zero-order chi connectivity index (χ0) is 8.69. The van der Waals surface area contributed by atoms with Crippen LogP contribution in [0.5, 0.6) is 0 Å². The molecular formula is C6H14IN3O. The highest BCUT2D eigenvalue weighted by molar-refractivity contribution is 14.1. The van der Waals surface area contributed by atoms with Crippen LogP contribution in [0.2, 0.25) is 0 Å². The van der Waals surface area contributed by atoms with E-state index in [2.05, 4.69) is 3.53 Å². The van der Waals surface area contributed by atoms with Gasteiger partial charge in [0.1, 0.15) is 0 Å². The minimum atomic E-state index is -0.295. The number of rotatable bonds is 6. The van der Waals surface area contributed by atoms with Crippen molar-refractivity contribution in [2.45, 2.75) is 25.3 Å². The molecule has 0 aliphatic rings. The maximum Gasteiger partial charge on any atom is 0.235 e. The minimum Gasteiger partial charge on any atom is -0.368 e. The average Bonchev–Trinajstić information content (AvgIpc) is 1.97. The fourth-order valence-electron chi connectivity index (χ4n) is 0.743. The van der Waals surface area contributed by atoms with Gasteiger partial charge >= 0.3 is 0 Å². The maximum absolute atomic E-state index is 10.6. The highest BCUT2D eigenvalue weighted by Crippen LogP contribution is 2.00. The molecule has 0 aromatic carbocycles. The molecule has 1 amide bonds. The van der Waals surface area contributed by atoms with Crippen LogP contribution in [-0.2, 0) is 4.79 Å². The molecule has 66 valence electrons. The summed E-state index contributed by atoms with van der Waals surface area (Å²) in [6, 6.07) is -0.206. The summed E-state index contributed by atoms with van der Waals surface area (Å²) in [6.07, 6.45) is 2.66. The van der Waals surface area contributed by atoms with Crippen LogP contribution < -0.4 is 15.0 Å². The number of amides is 1. The van der Waals surface area contributed by atoms with Crippen molar-refractivity contribution in [1.82, 2.24) is 3.53 Å². The third-order valence-electron chi connectivity index (χ3n) is 1.42. The Hall–Kier alpha value is 0.120. The van der Waals surface area contributed by atoms with E-state index in [0.717, 1.165) is 19.3 Å². The van der Waals surface area contributed by atoms with Crippen LogP contribution in [0.4, 0.5) is 0 Å². The number of hydrogen-bond acceptors (Lipinski definition) is 3. The Labute approximate surface area is 80.6 Å². The maximum atomic E-state index is 10.6. The Morgan fingerprint density at radius 1 is 1.55 bits per heavy atom. The van der Waals surface area contributed by atoms with Gasteiger partial charge < -0.3 is 11.5 Å². The molecule has 5 heteroatoms. The first kappa shape index (κ1) is 11.1. The first-order valence-corrected chi connectivity index (χ1v) is 4.65. The third kappa shape index (κ3) is 5.40. The second kappa shape index (κ2) is 6.81. The molecule has 1 atom stereocenters. The summed E-state index contributed by atoms with van der Waals surface area (Å²) in [7, 11) is 0. The number of carbonyl (C=O) groups is 1. The molecule has 0 bridgehead atoms. The van der Waals surface area contributed by atoms with Crippen molar-refractivity contribution in [2.24, 2.45) is 11.5 Å². The number of nitrogens with two attached hydrogens (primary N) is 2. The van der Waals surface area contributed by atoms with Crippen molar-refractivity contribution >= 4 is 28.8 Å². The molecular weight excluding hydrogens is 257 g/mol. The molecule has 0 saturated heterocycles. The fourth-order valence-corrected chi connectivity index (χ4v) is 1.36. The van der Waals surface area contributed by atoms with Crippen molar-refractivity contribution in [3.63, 3.8) is 0 Å². The largest absolute Gasteiger partial charge is 0.368 e. The Morgan fingerprint density at radius 2 is 2.18 bits per heavy atom. The topological polar surface area (TPSA) is 81.1 Å². The van der Waals surface area contributed by atoms with Gasteiger partial charge in [0.05, 0.1) is 6.04 Å². The van der Waals surface area contributed by atoms with E-state index in [1.807, 2.05) is 22.9 Å². The van der Waals surface area contributed by atoms with E-state index in [4.69, 9.17) is 11.5 Å². The quantitative estimate of drug-likeness (QED) is 0.359. The Morgan fingerprint density at radius 3 is 2.55 bits per heavy atom. The predicted molar refractivity (Wildman–Crippen MR) is 53.0 cm³/mol. The van der Waals surface area contributed by atoms with E-state index in [0.29, 0.717) is 6.54 Å². The lowest BCUT2D eigenvalue weighted by molar-refractivity contribution is -0.119. The molecule has 0 aromatic heterocycles. The normalized spacial score (nSPS) is 12.9. The SMILES string of the molecule is NCCCCC(NI)C(N)=O. The summed E-state index contributed by atoms with van der Waals surface area (Å²) >= 11 is 1.93. The molecule has 4 nitrogen and oxygen atoms in total. The Kier molecular flexibility index (Phi) is 6.88. The number of primary amides is 1. The van der Waals surface area contributed by atoms with Crippen LogP contribution in [0.15, 0.2) is 0 Å². The van der Waals surface area contributed by atoms with Crippen molar-refractivity contribution in [2.75, 3.05) is 6.54 Å². The molecule has 0 aliphatic heterocycles. The van der Waals surface area contributed by atoms with Gasteiger partial charge in [0.2, 0.25) is 5.91 Å². The Bertz CT molecular complexity index is 120. The Balaban J connectivity index is 3.44. The van der Waals surface area contributed by atoms with E-state index >= 15 is 0 Å². The van der Waals surface area contributed by atoms with Crippen LogP contribution >= 0.6 is 22.9 Å². The molecule has 0 aliphatic carbocycles. The summed E-state index contributed by atoms with van der Waals surface area (Å²) in [6.45, 7) is 0.673. The summed E-state index contributed by atoms with van der Waals surface area (Å²) in [5.41, 5.74) is 10.4. The first-order valence-electron chi connectivity index (χ1n) is 3.58. The van der Waals surface area contributed by atoms with Gasteiger partial charge in [-0.2, -0.15) is 0 Å². The van der Waals surface area contributed by atoms with Gasteiger partial charge in [0, 0.05) is 22.9 Å². The van der Waals surface area contributed by atoms with Crippen LogP contribution in [0, 0.1) is 0 Å². The summed E-state index contributed by atoms with van der Waals surface area (Å²) in [5.74, 6) is -0.295. The molecule has 11 heavy (non-hydrogen) atoms. The molecule has 0 spiro atoms. The highest BCUT2D eigenvalue weighted by Gasteiger charge is 2.11. The van der Waals surface area contributed by atoms with Crippen molar-refractivity contribution in [3.05, 3.63) is 0 Å². The molecule has 0 fully saturated rings. The highest BCUT2D eigenvalue weighted by atomic mass is 127. The van der Waals surface area contributed by atoms with Crippen molar-refractivity contribution in [3.8, 4) is 0 Å². The van der Waals surface area contributed by atoms with Crippen LogP contribution in [0.1, 0.15) is 19.3 Å². The smallest absolute Gasteiger partial charge is 0.235 e. The van der Waals surface area contributed by atoms with Gasteiger partial charge in [-0.1, -0.05) is 6.42 Å². The van der Waals surface area contributed by atoms with Crippen molar-refractivity contribution < 1.29 is 4.79 Å². The molecule has 0 rings (SSSR count). The number of unbranched alkanes of at least 4 members (excludes halogenated alkanes) is 1. The van der Waals surface area contributed by atoms with Gasteiger partial charge in [0.15, 0.2) is 0 Å². The summed E-state index contributed by atoms with van der Waals surface area (Å²) in [5, 5.41) is 0. The average molecular weight is 271 g/mol. The minimum absolute atomic E-state index is 0.206. The third-order valence-corrected chi connectivity index (χ3v) is 2.17. The van der Waals surface area contributed by atoms with Crippen LogP contribution in [-0.4, -0.2) is 18.5 Å². The monoisotopic (exact) mass is 271 g/mol. The van der Waals surface area contributed by atoms with E-state index in [1.165, 1.54) is 0 Å². The number of nitrogens with one attached hydrogen (secondary N) is 1. The van der Waals surface area contributed by atoms with E-state index < -0.39 is 0 Å². The predicted octanol–water partition coefficient (Wildman–Crippen LogP) is -0.0911. The van der Waals surface area contributed by atoms with Gasteiger partial charge in [-0.3, -0.25) is 4.79 Å². The van der Waals surface area contributed by atoms with Crippen LogP contribution in [0.3, 0.4) is 0 Å². The van der Waals surface area contributed by atoms with E-state index in [1.54, 1.807) is 0 Å². The molecule has 5 N–H and O–H groups in total. The van der Waals surface area contributed by atoms with E-state index in [-0.39, 0.29) is 11.9 Å². The summed E-state index contributed by atoms with van der Waals surface area (Å²) < 4.78 is 2.82. The number of halogens is 1. The molecule has 0 aromatic rings. The molecule has 0 radical (unpaired) electrons. The molecule has 1 unspecified atom stereocenters. The van der Waals surface area contributed by atoms with Gasteiger partial charge in [-0.25, -0.2) is 3.53 Å². The van der Waals surface area contributed by atoms with E-state index in [9.17, 15) is 4.79 Å². The van der Waals surface area contributed by atoms with Gasteiger partial charge in [-0.15, -0.1) is 0 Å². The van der Waals surface area contributed by atoms with Gasteiger partial charge in [0.25, 0.3) is 0 Å². The zero-order valence-corrected chi connectivity index (χ0v) is 8.50. The summed E-state index contributed by atoms with van der Waals surface area (Å²) in [4.78, 5) is 10.6. The second-order valence-electron chi connectivity index (χ2n) is 2.35.